The number of hydrogen-bond donors (Lipinski definition) is 1. The van der Waals surface area contributed by atoms with Gasteiger partial charge in [0.25, 0.3) is 0 Å². The van der Waals surface area contributed by atoms with E-state index in [0.29, 0.717) is 29.5 Å². The van der Waals surface area contributed by atoms with Gasteiger partial charge in [0, 0.05) is 12.5 Å². The molecule has 4 rings (SSSR count). The number of aromatic nitrogens is 3. The van der Waals surface area contributed by atoms with Gasteiger partial charge in [-0.1, -0.05) is 6.92 Å². The Hall–Kier alpha value is -1.37. The molecule has 1 aliphatic carbocycles. The van der Waals surface area contributed by atoms with Gasteiger partial charge in [-0.15, -0.1) is 24.8 Å². The Kier molecular flexibility index (Phi) is 7.48. The molecule has 5 nitrogen and oxygen atoms in total. The van der Waals surface area contributed by atoms with Crippen LogP contribution >= 0.6 is 24.8 Å². The molecule has 0 amide bonds. The van der Waals surface area contributed by atoms with Gasteiger partial charge in [0.15, 0.2) is 5.82 Å². The van der Waals surface area contributed by atoms with Crippen LogP contribution < -0.4 is 10.1 Å². The van der Waals surface area contributed by atoms with Crippen molar-refractivity contribution in [2.45, 2.75) is 51.7 Å². The molecule has 2 aromatic rings. The van der Waals surface area contributed by atoms with Crippen molar-refractivity contribution >= 4 is 24.8 Å². The molecule has 27 heavy (non-hydrogen) atoms. The van der Waals surface area contributed by atoms with Gasteiger partial charge in [-0.05, 0) is 68.5 Å². The summed E-state index contributed by atoms with van der Waals surface area (Å²) in [6.07, 6.45) is 4.74. The standard InChI is InChI=1S/C19H25FN4O.2ClH/c1-2-11-24-18(16-12-19(16)7-9-21-10-8-19)22-17(23-24)13-25-15-5-3-14(20)4-6-15;;/h3-6,16,21H,2,7-13H2,1H3;2*1H. The van der Waals surface area contributed by atoms with Gasteiger partial charge in [-0.2, -0.15) is 5.10 Å². The van der Waals surface area contributed by atoms with Gasteiger partial charge < -0.3 is 10.1 Å². The number of halogens is 3. The van der Waals surface area contributed by atoms with Crippen LogP contribution in [-0.4, -0.2) is 27.9 Å². The van der Waals surface area contributed by atoms with Gasteiger partial charge in [0.1, 0.15) is 24.0 Å². The molecule has 0 radical (unpaired) electrons. The molecule has 8 heteroatoms. The number of benzene rings is 1. The minimum absolute atomic E-state index is 0. The summed E-state index contributed by atoms with van der Waals surface area (Å²) >= 11 is 0. The molecule has 2 aliphatic rings. The zero-order valence-corrected chi connectivity index (χ0v) is 17.1. The van der Waals surface area contributed by atoms with Gasteiger partial charge in [-0.3, -0.25) is 0 Å². The molecule has 1 aromatic carbocycles. The van der Waals surface area contributed by atoms with Crippen LogP contribution in [0.5, 0.6) is 5.75 Å². The van der Waals surface area contributed by atoms with Crippen LogP contribution in [0.1, 0.15) is 50.2 Å². The molecule has 0 bridgehead atoms. The lowest BCUT2D eigenvalue weighted by molar-refractivity contribution is 0.294. The molecule has 2 heterocycles. The van der Waals surface area contributed by atoms with Crippen molar-refractivity contribution in [2.75, 3.05) is 13.1 Å². The molecular formula is C19H27Cl2FN4O. The highest BCUT2D eigenvalue weighted by Gasteiger charge is 2.56. The Morgan fingerprint density at radius 2 is 1.93 bits per heavy atom. The minimum Gasteiger partial charge on any atom is -0.486 e. The Morgan fingerprint density at radius 3 is 2.59 bits per heavy atom. The number of piperidine rings is 1. The molecule has 1 atom stereocenters. The van der Waals surface area contributed by atoms with Crippen molar-refractivity contribution in [2.24, 2.45) is 5.41 Å². The van der Waals surface area contributed by atoms with E-state index >= 15 is 0 Å². The lowest BCUT2D eigenvalue weighted by Gasteiger charge is -2.23. The van der Waals surface area contributed by atoms with E-state index in [1.165, 1.54) is 31.4 Å². The maximum absolute atomic E-state index is 13.0. The van der Waals surface area contributed by atoms with E-state index in [1.54, 1.807) is 12.1 Å². The van der Waals surface area contributed by atoms with E-state index < -0.39 is 0 Å². The highest BCUT2D eigenvalue weighted by molar-refractivity contribution is 5.85. The number of nitrogens with zero attached hydrogens (tertiary/aromatic N) is 3. The van der Waals surface area contributed by atoms with E-state index in [-0.39, 0.29) is 30.6 Å². The SMILES string of the molecule is CCCn1nc(COc2ccc(F)cc2)nc1C1CC12CCNCC2.Cl.Cl. The Morgan fingerprint density at radius 1 is 1.22 bits per heavy atom. The smallest absolute Gasteiger partial charge is 0.188 e. The lowest BCUT2D eigenvalue weighted by Crippen LogP contribution is -2.29. The Balaban J connectivity index is 0.00000131. The van der Waals surface area contributed by atoms with Gasteiger partial charge >= 0.3 is 0 Å². The fourth-order valence-corrected chi connectivity index (χ4v) is 3.97. The highest BCUT2D eigenvalue weighted by atomic mass is 35.5. The lowest BCUT2D eigenvalue weighted by atomic mass is 9.92. The molecule has 1 saturated carbocycles. The predicted octanol–water partition coefficient (Wildman–Crippen LogP) is 4.11. The first-order valence-corrected chi connectivity index (χ1v) is 9.23. The third kappa shape index (κ3) is 4.73. The summed E-state index contributed by atoms with van der Waals surface area (Å²) in [4.78, 5) is 4.81. The van der Waals surface area contributed by atoms with Crippen molar-refractivity contribution in [3.05, 3.63) is 41.7 Å². The summed E-state index contributed by atoms with van der Waals surface area (Å²) in [5, 5.41) is 8.11. The zero-order valence-electron chi connectivity index (χ0n) is 15.5. The normalized spacial score (nSPS) is 19.9. The largest absolute Gasteiger partial charge is 0.486 e. The van der Waals surface area contributed by atoms with Gasteiger partial charge in [-0.25, -0.2) is 14.1 Å². The topological polar surface area (TPSA) is 52.0 Å². The van der Waals surface area contributed by atoms with Crippen molar-refractivity contribution < 1.29 is 9.13 Å². The number of hydrogen-bond acceptors (Lipinski definition) is 4. The third-order valence-electron chi connectivity index (χ3n) is 5.46. The maximum Gasteiger partial charge on any atom is 0.188 e. The van der Waals surface area contributed by atoms with Crippen molar-refractivity contribution in [3.63, 3.8) is 0 Å². The second-order valence-electron chi connectivity index (χ2n) is 7.22. The molecule has 1 unspecified atom stereocenters. The molecular weight excluding hydrogens is 390 g/mol. The summed E-state index contributed by atoms with van der Waals surface area (Å²) in [5.41, 5.74) is 0.443. The average molecular weight is 417 g/mol. The first kappa shape index (κ1) is 21.9. The molecule has 1 saturated heterocycles. The minimum atomic E-state index is -0.263. The van der Waals surface area contributed by atoms with Crippen LogP contribution in [0.4, 0.5) is 4.39 Å². The molecule has 1 spiro atoms. The second kappa shape index (κ2) is 9.22. The Bertz CT molecular complexity index is 732. The van der Waals surface area contributed by atoms with Gasteiger partial charge in [0.05, 0.1) is 0 Å². The van der Waals surface area contributed by atoms with Crippen LogP contribution in [0.2, 0.25) is 0 Å². The number of aryl methyl sites for hydroxylation is 1. The molecule has 2 fully saturated rings. The van der Waals surface area contributed by atoms with E-state index in [1.807, 2.05) is 0 Å². The van der Waals surface area contributed by atoms with Crippen molar-refractivity contribution in [3.8, 4) is 5.75 Å². The molecule has 150 valence electrons. The Labute approximate surface area is 171 Å². The van der Waals surface area contributed by atoms with Crippen LogP contribution in [-0.2, 0) is 13.2 Å². The van der Waals surface area contributed by atoms with Crippen LogP contribution in [0.15, 0.2) is 24.3 Å². The third-order valence-corrected chi connectivity index (χ3v) is 5.46. The van der Waals surface area contributed by atoms with Crippen molar-refractivity contribution in [1.82, 2.24) is 20.1 Å². The molecule has 1 N–H and O–H groups in total. The summed E-state index contributed by atoms with van der Waals surface area (Å²) in [6, 6.07) is 6.05. The summed E-state index contributed by atoms with van der Waals surface area (Å²) in [7, 11) is 0. The average Bonchev–Trinajstić information content (AvgIpc) is 3.14. The summed E-state index contributed by atoms with van der Waals surface area (Å²) < 4.78 is 20.8. The van der Waals surface area contributed by atoms with Crippen LogP contribution in [0, 0.1) is 11.2 Å². The molecule has 1 aromatic heterocycles. The fraction of sp³-hybridized carbons (Fsp3) is 0.579. The number of nitrogens with one attached hydrogen (secondary N) is 1. The fourth-order valence-electron chi connectivity index (χ4n) is 3.97. The molecule has 1 aliphatic heterocycles. The first-order chi connectivity index (χ1) is 12.2. The highest BCUT2D eigenvalue weighted by Crippen LogP contribution is 2.63. The summed E-state index contributed by atoms with van der Waals surface area (Å²) in [6.45, 7) is 5.59. The quantitative estimate of drug-likeness (QED) is 0.769. The van der Waals surface area contributed by atoms with E-state index in [0.717, 1.165) is 31.9 Å². The van der Waals surface area contributed by atoms with E-state index in [4.69, 9.17) is 9.72 Å². The van der Waals surface area contributed by atoms with E-state index in [2.05, 4.69) is 22.0 Å². The number of ether oxygens (including phenoxy) is 1. The zero-order chi connectivity index (χ0) is 17.3. The van der Waals surface area contributed by atoms with E-state index in [9.17, 15) is 4.39 Å². The monoisotopic (exact) mass is 416 g/mol. The maximum atomic E-state index is 13.0. The van der Waals surface area contributed by atoms with Gasteiger partial charge in [0.2, 0.25) is 0 Å². The van der Waals surface area contributed by atoms with Crippen LogP contribution in [0.3, 0.4) is 0 Å². The van der Waals surface area contributed by atoms with Crippen molar-refractivity contribution in [1.29, 1.82) is 0 Å². The first-order valence-electron chi connectivity index (χ1n) is 9.23. The predicted molar refractivity (Wildman–Crippen MR) is 107 cm³/mol. The summed E-state index contributed by atoms with van der Waals surface area (Å²) in [5.74, 6) is 2.75. The number of rotatable bonds is 6. The van der Waals surface area contributed by atoms with Crippen LogP contribution in [0.25, 0.3) is 0 Å². The second-order valence-corrected chi connectivity index (χ2v) is 7.22.